The molecule has 1 N–H and O–H groups in total. The second-order valence-electron chi connectivity index (χ2n) is 6.23. The summed E-state index contributed by atoms with van der Waals surface area (Å²) in [6.07, 6.45) is 1.33. The predicted molar refractivity (Wildman–Crippen MR) is 109 cm³/mol. The topological polar surface area (TPSA) is 99.5 Å². The maximum absolute atomic E-state index is 13.0. The lowest BCUT2D eigenvalue weighted by Crippen LogP contribution is -2.31. The number of hydrogen-bond donors (Lipinski definition) is 1. The molecular formula is C20H20FN3O5S. The average molecular weight is 433 g/mol. The van der Waals surface area contributed by atoms with Crippen molar-refractivity contribution in [1.82, 2.24) is 14.3 Å². The van der Waals surface area contributed by atoms with Crippen LogP contribution in [0.1, 0.15) is 0 Å². The maximum atomic E-state index is 13.0. The van der Waals surface area contributed by atoms with Crippen molar-refractivity contribution in [2.24, 2.45) is 0 Å². The molecule has 0 atom stereocenters. The van der Waals surface area contributed by atoms with Crippen molar-refractivity contribution in [1.29, 1.82) is 0 Å². The molecule has 8 nitrogen and oxygen atoms in total. The molecule has 3 aromatic rings. The van der Waals surface area contributed by atoms with Gasteiger partial charge in [0.05, 0.1) is 31.1 Å². The Morgan fingerprint density at radius 3 is 2.37 bits per heavy atom. The van der Waals surface area contributed by atoms with E-state index >= 15 is 0 Å². The van der Waals surface area contributed by atoms with E-state index < -0.39 is 10.0 Å². The molecular weight excluding hydrogens is 413 g/mol. The molecule has 0 bridgehead atoms. The highest BCUT2D eigenvalue weighted by Gasteiger charge is 2.16. The number of sulfonamides is 1. The fourth-order valence-electron chi connectivity index (χ4n) is 2.74. The van der Waals surface area contributed by atoms with Gasteiger partial charge in [0.15, 0.2) is 11.5 Å². The molecule has 2 aromatic carbocycles. The Bertz CT molecular complexity index is 1190. The van der Waals surface area contributed by atoms with Crippen LogP contribution in [-0.4, -0.2) is 38.7 Å². The van der Waals surface area contributed by atoms with Crippen LogP contribution in [0.5, 0.6) is 11.5 Å². The summed E-state index contributed by atoms with van der Waals surface area (Å²) >= 11 is 0. The first-order chi connectivity index (χ1) is 14.3. The van der Waals surface area contributed by atoms with E-state index in [0.717, 1.165) is 0 Å². The first-order valence-corrected chi connectivity index (χ1v) is 10.4. The fourth-order valence-corrected chi connectivity index (χ4v) is 3.78. The molecule has 3 rings (SSSR count). The van der Waals surface area contributed by atoms with Crippen LogP contribution >= 0.6 is 0 Å². The van der Waals surface area contributed by atoms with E-state index in [4.69, 9.17) is 9.47 Å². The van der Waals surface area contributed by atoms with E-state index in [-0.39, 0.29) is 35.1 Å². The second kappa shape index (κ2) is 9.06. The van der Waals surface area contributed by atoms with Gasteiger partial charge in [-0.3, -0.25) is 9.36 Å². The molecule has 10 heteroatoms. The summed E-state index contributed by atoms with van der Waals surface area (Å²) in [4.78, 5) is 16.5. The monoisotopic (exact) mass is 433 g/mol. The minimum absolute atomic E-state index is 0.0114. The van der Waals surface area contributed by atoms with Crippen molar-refractivity contribution in [3.63, 3.8) is 0 Å². The van der Waals surface area contributed by atoms with Gasteiger partial charge < -0.3 is 9.47 Å². The molecule has 158 valence electrons. The molecule has 0 aliphatic heterocycles. The minimum atomic E-state index is -3.81. The molecule has 1 heterocycles. The normalized spacial score (nSPS) is 11.3. The zero-order chi connectivity index (χ0) is 21.7. The summed E-state index contributed by atoms with van der Waals surface area (Å²) in [5.74, 6) is 0.321. The quantitative estimate of drug-likeness (QED) is 0.584. The summed E-state index contributed by atoms with van der Waals surface area (Å²) in [5, 5.41) is 0. The first-order valence-electron chi connectivity index (χ1n) is 8.88. The van der Waals surface area contributed by atoms with Crippen LogP contribution in [0.3, 0.4) is 0 Å². The van der Waals surface area contributed by atoms with Gasteiger partial charge in [0, 0.05) is 30.8 Å². The van der Waals surface area contributed by atoms with Gasteiger partial charge in [-0.1, -0.05) is 0 Å². The van der Waals surface area contributed by atoms with Gasteiger partial charge in [0.1, 0.15) is 5.82 Å². The highest BCUT2D eigenvalue weighted by atomic mass is 32.2. The van der Waals surface area contributed by atoms with E-state index in [2.05, 4.69) is 9.71 Å². The summed E-state index contributed by atoms with van der Waals surface area (Å²) in [6.45, 7) is 0.0657. The van der Waals surface area contributed by atoms with Crippen LogP contribution in [0.4, 0.5) is 4.39 Å². The van der Waals surface area contributed by atoms with Gasteiger partial charge in [0.25, 0.3) is 5.56 Å². The van der Waals surface area contributed by atoms with E-state index in [1.807, 2.05) is 0 Å². The van der Waals surface area contributed by atoms with Gasteiger partial charge in [-0.05, 0) is 36.4 Å². The lowest BCUT2D eigenvalue weighted by molar-refractivity contribution is 0.354. The van der Waals surface area contributed by atoms with Crippen molar-refractivity contribution in [3.8, 4) is 22.8 Å². The largest absolute Gasteiger partial charge is 0.493 e. The highest BCUT2D eigenvalue weighted by Crippen LogP contribution is 2.29. The van der Waals surface area contributed by atoms with Crippen molar-refractivity contribution in [3.05, 3.63) is 71.0 Å². The molecule has 0 amide bonds. The standard InChI is InChI=1S/C20H20FN3O5S/c1-28-18-8-7-16(11-19(18)29-2)30(26,27)23-9-10-24-13-22-17(12-20(24)25)14-3-5-15(21)6-4-14/h3-8,11-13,23H,9-10H2,1-2H3. The number of aromatic nitrogens is 2. The number of hydrogen-bond acceptors (Lipinski definition) is 6. The third-order valence-electron chi connectivity index (χ3n) is 4.33. The maximum Gasteiger partial charge on any atom is 0.253 e. The van der Waals surface area contributed by atoms with Crippen molar-refractivity contribution >= 4 is 10.0 Å². The number of ether oxygens (including phenoxy) is 2. The molecule has 0 unspecified atom stereocenters. The molecule has 0 aliphatic carbocycles. The lowest BCUT2D eigenvalue weighted by Gasteiger charge is -2.11. The predicted octanol–water partition coefficient (Wildman–Crippen LogP) is 2.05. The van der Waals surface area contributed by atoms with Crippen molar-refractivity contribution < 1.29 is 22.3 Å². The van der Waals surface area contributed by atoms with Crippen LogP contribution < -0.4 is 19.8 Å². The van der Waals surface area contributed by atoms with Gasteiger partial charge in [0.2, 0.25) is 10.0 Å². The van der Waals surface area contributed by atoms with Gasteiger partial charge in [-0.15, -0.1) is 0 Å². The van der Waals surface area contributed by atoms with Gasteiger partial charge in [-0.25, -0.2) is 22.5 Å². The first kappa shape index (κ1) is 21.5. The van der Waals surface area contributed by atoms with Crippen LogP contribution in [0, 0.1) is 5.82 Å². The number of benzene rings is 2. The summed E-state index contributed by atoms with van der Waals surface area (Å²) in [7, 11) is -0.944. The summed E-state index contributed by atoms with van der Waals surface area (Å²) in [5.41, 5.74) is 0.659. The molecule has 30 heavy (non-hydrogen) atoms. The molecule has 0 saturated carbocycles. The van der Waals surface area contributed by atoms with Crippen LogP contribution in [0.15, 0.2) is 64.5 Å². The summed E-state index contributed by atoms with van der Waals surface area (Å²) in [6, 6.07) is 11.2. The lowest BCUT2D eigenvalue weighted by atomic mass is 10.1. The Balaban J connectivity index is 1.68. The van der Waals surface area contributed by atoms with Crippen molar-refractivity contribution in [2.75, 3.05) is 20.8 Å². The highest BCUT2D eigenvalue weighted by molar-refractivity contribution is 7.89. The SMILES string of the molecule is COc1ccc(S(=O)(=O)NCCn2cnc(-c3ccc(F)cc3)cc2=O)cc1OC. The Hall–Kier alpha value is -3.24. The Kier molecular flexibility index (Phi) is 6.48. The molecule has 1 aromatic heterocycles. The van der Waals surface area contributed by atoms with Crippen LogP contribution in [-0.2, 0) is 16.6 Å². The number of nitrogens with one attached hydrogen (secondary N) is 1. The Morgan fingerprint density at radius 2 is 1.73 bits per heavy atom. The Morgan fingerprint density at radius 1 is 1.03 bits per heavy atom. The van der Waals surface area contributed by atoms with Gasteiger partial charge >= 0.3 is 0 Å². The Labute approximate surface area is 173 Å². The van der Waals surface area contributed by atoms with E-state index in [0.29, 0.717) is 17.0 Å². The van der Waals surface area contributed by atoms with E-state index in [1.165, 1.54) is 73.6 Å². The molecule has 0 aliphatic rings. The number of halogens is 1. The smallest absolute Gasteiger partial charge is 0.253 e. The fraction of sp³-hybridized carbons (Fsp3) is 0.200. The van der Waals surface area contributed by atoms with Crippen molar-refractivity contribution in [2.45, 2.75) is 11.4 Å². The molecule has 0 fully saturated rings. The van der Waals surface area contributed by atoms with Crippen LogP contribution in [0.25, 0.3) is 11.3 Å². The molecule has 0 spiro atoms. The third kappa shape index (κ3) is 4.84. The van der Waals surface area contributed by atoms with Crippen LogP contribution in [0.2, 0.25) is 0 Å². The number of rotatable bonds is 8. The second-order valence-corrected chi connectivity index (χ2v) is 7.99. The zero-order valence-electron chi connectivity index (χ0n) is 16.3. The minimum Gasteiger partial charge on any atom is -0.493 e. The van der Waals surface area contributed by atoms with Gasteiger partial charge in [-0.2, -0.15) is 0 Å². The number of nitrogens with zero attached hydrogens (tertiary/aromatic N) is 2. The van der Waals surface area contributed by atoms with E-state index in [1.54, 1.807) is 0 Å². The zero-order valence-corrected chi connectivity index (χ0v) is 17.1. The number of methoxy groups -OCH3 is 2. The molecule has 0 saturated heterocycles. The molecule has 0 radical (unpaired) electrons. The van der Waals surface area contributed by atoms with E-state index in [9.17, 15) is 17.6 Å². The third-order valence-corrected chi connectivity index (χ3v) is 5.79. The average Bonchev–Trinajstić information content (AvgIpc) is 2.74. The summed E-state index contributed by atoms with van der Waals surface area (Å²) < 4.78 is 52.0.